The fraction of sp³-hybridized carbons (Fsp3) is 0.667. The first-order valence-electron chi connectivity index (χ1n) is 8.57. The molecule has 2 saturated heterocycles. The monoisotopic (exact) mass is 396 g/mol. The number of methoxy groups -OCH3 is 1. The molecule has 0 radical (unpaired) electrons. The first kappa shape index (κ1) is 15.6. The average molecular weight is 397 g/mol. The minimum Gasteiger partial charge on any atom is -0.497 e. The average Bonchev–Trinajstić information content (AvgIpc) is 3.26. The van der Waals surface area contributed by atoms with Crippen LogP contribution >= 0.6 is 15.9 Å². The molecule has 6 rings (SSSR count). The van der Waals surface area contributed by atoms with E-state index >= 15 is 0 Å². The molecule has 3 saturated carbocycles. The number of benzene rings is 1. The highest BCUT2D eigenvalue weighted by atomic mass is 79.9. The van der Waals surface area contributed by atoms with Gasteiger partial charge in [-0.1, -0.05) is 28.1 Å². The summed E-state index contributed by atoms with van der Waals surface area (Å²) in [5.74, 6) is 0.684. The van der Waals surface area contributed by atoms with Crippen LogP contribution in [0.1, 0.15) is 31.1 Å². The smallest absolute Gasteiger partial charge is 0.186 e. The molecule has 24 heavy (non-hydrogen) atoms. The number of hydrogen-bond donors (Lipinski definition) is 0. The molecule has 2 aliphatic heterocycles. The van der Waals surface area contributed by atoms with E-state index in [1.807, 2.05) is 24.3 Å². The minimum absolute atomic E-state index is 0.0600. The van der Waals surface area contributed by atoms with Gasteiger partial charge in [-0.3, -0.25) is 0 Å². The first-order chi connectivity index (χ1) is 11.7. The Morgan fingerprint density at radius 1 is 1.12 bits per heavy atom. The molecular weight excluding hydrogens is 376 g/mol. The van der Waals surface area contributed by atoms with E-state index < -0.39 is 5.79 Å². The van der Waals surface area contributed by atoms with Crippen LogP contribution in [0.4, 0.5) is 0 Å². The molecule has 5 nitrogen and oxygen atoms in total. The SMILES string of the molecule is COc1ccc([C@H]2O[C@H]3[C@H]4CC[C@@](Br)([C@H]3O2)C2(C4)OCCO2)cc1. The molecular formula is C18H21BrO5. The van der Waals surface area contributed by atoms with Crippen molar-refractivity contribution < 1.29 is 23.7 Å². The van der Waals surface area contributed by atoms with E-state index in [9.17, 15) is 0 Å². The molecule has 0 unspecified atom stereocenters. The normalized spacial score (nSPS) is 42.4. The zero-order valence-electron chi connectivity index (χ0n) is 13.6. The summed E-state index contributed by atoms with van der Waals surface area (Å²) >= 11 is 3.97. The fourth-order valence-electron chi connectivity index (χ4n) is 4.76. The second-order valence-corrected chi connectivity index (χ2v) is 8.49. The van der Waals surface area contributed by atoms with E-state index in [-0.39, 0.29) is 22.8 Å². The molecule has 5 fully saturated rings. The summed E-state index contributed by atoms with van der Waals surface area (Å²) in [5.41, 5.74) is 1.02. The zero-order chi connectivity index (χ0) is 16.4. The molecule has 3 aliphatic carbocycles. The summed E-state index contributed by atoms with van der Waals surface area (Å²) in [6, 6.07) is 7.88. The van der Waals surface area contributed by atoms with Gasteiger partial charge in [0.05, 0.1) is 26.4 Å². The third kappa shape index (κ3) is 2.01. The summed E-state index contributed by atoms with van der Waals surface area (Å²) in [7, 11) is 1.67. The van der Waals surface area contributed by atoms with Crippen LogP contribution in [0.5, 0.6) is 5.75 Å². The van der Waals surface area contributed by atoms with E-state index in [2.05, 4.69) is 15.9 Å². The van der Waals surface area contributed by atoms with Crippen molar-refractivity contribution in [2.24, 2.45) is 5.92 Å². The highest BCUT2D eigenvalue weighted by Gasteiger charge is 2.71. The summed E-state index contributed by atoms with van der Waals surface area (Å²) in [4.78, 5) is 0. The molecule has 5 atom stereocenters. The fourth-order valence-corrected chi connectivity index (χ4v) is 5.74. The van der Waals surface area contributed by atoms with E-state index in [1.54, 1.807) is 7.11 Å². The Bertz CT molecular complexity index is 629. The quantitative estimate of drug-likeness (QED) is 0.718. The van der Waals surface area contributed by atoms with Gasteiger partial charge in [-0.25, -0.2) is 0 Å². The predicted octanol–water partition coefficient (Wildman–Crippen LogP) is 3.17. The second-order valence-electron chi connectivity index (χ2n) is 7.08. The lowest BCUT2D eigenvalue weighted by Crippen LogP contribution is -2.69. The molecule has 0 amide bonds. The third-order valence-electron chi connectivity index (χ3n) is 5.95. The van der Waals surface area contributed by atoms with Crippen LogP contribution in [0.25, 0.3) is 0 Å². The van der Waals surface area contributed by atoms with Gasteiger partial charge >= 0.3 is 0 Å². The van der Waals surface area contributed by atoms with Crippen molar-refractivity contribution in [1.29, 1.82) is 0 Å². The van der Waals surface area contributed by atoms with Gasteiger partial charge in [-0.15, -0.1) is 0 Å². The van der Waals surface area contributed by atoms with Crippen molar-refractivity contribution >= 4 is 15.9 Å². The van der Waals surface area contributed by atoms with Crippen molar-refractivity contribution in [3.63, 3.8) is 0 Å². The number of ether oxygens (including phenoxy) is 5. The molecule has 1 aromatic carbocycles. The highest BCUT2D eigenvalue weighted by molar-refractivity contribution is 9.10. The standard InChI is InChI=1S/C18H21BrO5/c1-20-13-4-2-11(3-5-13)16-23-14-12-6-7-17(19,15(14)24-16)18(10-12)21-8-9-22-18/h2-5,12,14-16H,6-10H2,1H3/t12-,14-,15-,16-,17+/m0/s1. The van der Waals surface area contributed by atoms with Crippen LogP contribution in [-0.2, 0) is 18.9 Å². The van der Waals surface area contributed by atoms with Crippen molar-refractivity contribution in [3.8, 4) is 5.75 Å². The van der Waals surface area contributed by atoms with Crippen LogP contribution in [-0.4, -0.2) is 42.6 Å². The molecule has 130 valence electrons. The van der Waals surface area contributed by atoms with E-state index in [0.29, 0.717) is 19.1 Å². The van der Waals surface area contributed by atoms with Gasteiger partial charge in [-0.2, -0.15) is 0 Å². The highest BCUT2D eigenvalue weighted by Crippen LogP contribution is 2.62. The lowest BCUT2D eigenvalue weighted by molar-refractivity contribution is -0.253. The van der Waals surface area contributed by atoms with Gasteiger partial charge in [0.15, 0.2) is 12.1 Å². The Morgan fingerprint density at radius 2 is 1.88 bits per heavy atom. The number of fused-ring (bicyclic) bond motifs is 1. The van der Waals surface area contributed by atoms with Crippen molar-refractivity contribution in [3.05, 3.63) is 29.8 Å². The van der Waals surface area contributed by atoms with Gasteiger partial charge in [0, 0.05) is 12.0 Å². The summed E-state index contributed by atoms with van der Waals surface area (Å²) in [6.45, 7) is 1.31. The largest absolute Gasteiger partial charge is 0.497 e. The Labute approximate surface area is 149 Å². The van der Waals surface area contributed by atoms with Crippen LogP contribution in [0.3, 0.4) is 0 Å². The number of rotatable bonds is 2. The Morgan fingerprint density at radius 3 is 2.58 bits per heavy atom. The zero-order valence-corrected chi connectivity index (χ0v) is 15.2. The van der Waals surface area contributed by atoms with E-state index in [0.717, 1.165) is 30.6 Å². The molecule has 1 aromatic rings. The van der Waals surface area contributed by atoms with Gasteiger partial charge in [-0.05, 0) is 30.9 Å². The first-order valence-corrected chi connectivity index (χ1v) is 9.36. The molecule has 6 heteroatoms. The Balaban J connectivity index is 1.44. The summed E-state index contributed by atoms with van der Waals surface area (Å²) < 4.78 is 29.7. The third-order valence-corrected chi connectivity index (χ3v) is 7.40. The van der Waals surface area contributed by atoms with Gasteiger partial charge in [0.2, 0.25) is 0 Å². The number of hydrogen-bond acceptors (Lipinski definition) is 5. The van der Waals surface area contributed by atoms with Gasteiger partial charge in [0.1, 0.15) is 16.2 Å². The predicted molar refractivity (Wildman–Crippen MR) is 89.1 cm³/mol. The molecule has 2 bridgehead atoms. The molecule has 0 aromatic heterocycles. The maximum Gasteiger partial charge on any atom is 0.186 e. The maximum atomic E-state index is 6.38. The number of alkyl halides is 1. The Kier molecular flexibility index (Phi) is 3.52. The van der Waals surface area contributed by atoms with Crippen molar-refractivity contribution in [2.75, 3.05) is 20.3 Å². The topological polar surface area (TPSA) is 46.2 Å². The van der Waals surface area contributed by atoms with E-state index in [1.165, 1.54) is 0 Å². The van der Waals surface area contributed by atoms with Gasteiger partial charge in [0.25, 0.3) is 0 Å². The molecule has 1 spiro atoms. The maximum absolute atomic E-state index is 6.38. The van der Waals surface area contributed by atoms with Crippen molar-refractivity contribution in [2.45, 2.75) is 47.9 Å². The Hall–Kier alpha value is -0.660. The van der Waals surface area contributed by atoms with E-state index in [4.69, 9.17) is 23.7 Å². The van der Waals surface area contributed by atoms with Crippen LogP contribution < -0.4 is 4.74 Å². The van der Waals surface area contributed by atoms with Crippen LogP contribution in [0, 0.1) is 5.92 Å². The van der Waals surface area contributed by atoms with Crippen molar-refractivity contribution in [1.82, 2.24) is 0 Å². The van der Waals surface area contributed by atoms with Crippen LogP contribution in [0.15, 0.2) is 24.3 Å². The second kappa shape index (κ2) is 5.42. The molecule has 2 heterocycles. The van der Waals surface area contributed by atoms with Gasteiger partial charge < -0.3 is 23.7 Å². The number of halogens is 1. The van der Waals surface area contributed by atoms with Crippen LogP contribution in [0.2, 0.25) is 0 Å². The molecule has 0 N–H and O–H groups in total. The lowest BCUT2D eigenvalue weighted by atomic mass is 9.63. The summed E-state index contributed by atoms with van der Waals surface area (Å²) in [5, 5.41) is 0. The summed E-state index contributed by atoms with van der Waals surface area (Å²) in [6.07, 6.45) is 2.65. The molecule has 5 aliphatic rings. The lowest BCUT2D eigenvalue weighted by Gasteiger charge is -2.57. The minimum atomic E-state index is -0.560.